The Morgan fingerprint density at radius 2 is 2.08 bits per heavy atom. The van der Waals surface area contributed by atoms with Crippen LogP contribution in [0.25, 0.3) is 0 Å². The number of rotatable bonds is 6. The highest BCUT2D eigenvalue weighted by atomic mass is 16.2. The van der Waals surface area contributed by atoms with Crippen LogP contribution in [-0.2, 0) is 20.8 Å². The molecule has 1 aromatic rings. The van der Waals surface area contributed by atoms with Crippen LogP contribution in [0.3, 0.4) is 0 Å². The molecule has 2 aliphatic rings. The molecule has 0 spiro atoms. The minimum atomic E-state index is -0.821. The third kappa shape index (κ3) is 2.32. The lowest BCUT2D eigenvalue weighted by molar-refractivity contribution is -0.142. The van der Waals surface area contributed by atoms with Crippen LogP contribution in [0.4, 0.5) is 0 Å². The van der Waals surface area contributed by atoms with Gasteiger partial charge in [-0.1, -0.05) is 19.9 Å². The Balaban J connectivity index is 2.10. The standard InChI is InChI=1S/C18H24N4O4/c1-17(2)11-8-22-13(14(19)24)18(11,17)10(12(23)16(26)20-3)7-9-5-4-6-21-15(9)25/h4-6,10-11,13,22H,7-8H2,1-3H3,(H2,19,24)(H,20,26)(H,21,25)/t10-,11?,13?,18?/m1/s1. The Labute approximate surface area is 150 Å². The van der Waals surface area contributed by atoms with Gasteiger partial charge in [-0.25, -0.2) is 0 Å². The number of nitrogens with two attached hydrogens (primary N) is 1. The van der Waals surface area contributed by atoms with E-state index in [-0.39, 0.29) is 23.3 Å². The fourth-order valence-corrected chi connectivity index (χ4v) is 5.17. The molecule has 0 bridgehead atoms. The smallest absolute Gasteiger partial charge is 0.287 e. The molecule has 1 aliphatic carbocycles. The number of aromatic nitrogens is 1. The van der Waals surface area contributed by atoms with Crippen LogP contribution < -0.4 is 21.9 Å². The quantitative estimate of drug-likeness (QED) is 0.480. The second-order valence-electron chi connectivity index (χ2n) is 7.68. The molecule has 3 rings (SSSR count). The molecular formula is C18H24N4O4. The maximum atomic E-state index is 13.0. The summed E-state index contributed by atoms with van der Waals surface area (Å²) in [6.45, 7) is 4.50. The molecule has 1 aromatic heterocycles. The third-order valence-corrected chi connectivity index (χ3v) is 6.44. The largest absolute Gasteiger partial charge is 0.368 e. The molecule has 8 nitrogen and oxygen atoms in total. The number of amides is 2. The van der Waals surface area contributed by atoms with E-state index in [0.717, 1.165) is 0 Å². The first-order chi connectivity index (χ1) is 12.2. The molecule has 2 heterocycles. The van der Waals surface area contributed by atoms with Crippen molar-refractivity contribution in [2.45, 2.75) is 26.3 Å². The first kappa shape index (κ1) is 18.3. The highest BCUT2D eigenvalue weighted by molar-refractivity contribution is 6.37. The van der Waals surface area contributed by atoms with Crippen molar-refractivity contribution in [3.8, 4) is 0 Å². The first-order valence-electron chi connectivity index (χ1n) is 8.64. The average molecular weight is 360 g/mol. The Morgan fingerprint density at radius 1 is 1.38 bits per heavy atom. The molecule has 5 N–H and O–H groups in total. The van der Waals surface area contributed by atoms with Crippen LogP contribution >= 0.6 is 0 Å². The van der Waals surface area contributed by atoms with E-state index >= 15 is 0 Å². The molecule has 2 fully saturated rings. The molecule has 140 valence electrons. The zero-order valence-electron chi connectivity index (χ0n) is 15.1. The Hall–Kier alpha value is -2.48. The van der Waals surface area contributed by atoms with Gasteiger partial charge in [-0.2, -0.15) is 0 Å². The number of H-pyrrole nitrogens is 1. The van der Waals surface area contributed by atoms with Crippen LogP contribution in [0.1, 0.15) is 19.4 Å². The van der Waals surface area contributed by atoms with E-state index in [1.54, 1.807) is 12.1 Å². The van der Waals surface area contributed by atoms with Crippen LogP contribution in [0.15, 0.2) is 23.1 Å². The summed E-state index contributed by atoms with van der Waals surface area (Å²) in [5.41, 5.74) is 4.56. The second kappa shape index (κ2) is 6.05. The number of Topliss-reactive ketones (excluding diaryl/α,β-unsaturated/α-hetero) is 1. The lowest BCUT2D eigenvalue weighted by Crippen LogP contribution is -2.53. The fourth-order valence-electron chi connectivity index (χ4n) is 5.17. The lowest BCUT2D eigenvalue weighted by Gasteiger charge is -2.33. The number of likely N-dealkylation sites (N-methyl/N-ethyl adjacent to an activating group) is 1. The molecular weight excluding hydrogens is 336 g/mol. The number of aromatic amines is 1. The number of hydrogen-bond donors (Lipinski definition) is 4. The molecule has 2 amide bonds. The first-order valence-corrected chi connectivity index (χ1v) is 8.64. The van der Waals surface area contributed by atoms with E-state index in [1.165, 1.54) is 13.2 Å². The number of hydrogen-bond acceptors (Lipinski definition) is 5. The Kier molecular flexibility index (Phi) is 4.26. The molecule has 26 heavy (non-hydrogen) atoms. The summed E-state index contributed by atoms with van der Waals surface area (Å²) in [6.07, 6.45) is 1.58. The SMILES string of the molecule is CNC(=O)C(=O)[C@@H](Cc1ccc[nH]c1=O)C12C(C(N)=O)NCC1C2(C)C. The molecule has 3 unspecified atom stereocenters. The van der Waals surface area contributed by atoms with Crippen molar-refractivity contribution in [2.24, 2.45) is 28.4 Å². The van der Waals surface area contributed by atoms with E-state index in [2.05, 4.69) is 15.6 Å². The van der Waals surface area contributed by atoms with Crippen molar-refractivity contribution >= 4 is 17.6 Å². The van der Waals surface area contributed by atoms with E-state index in [0.29, 0.717) is 12.1 Å². The summed E-state index contributed by atoms with van der Waals surface area (Å²) in [5, 5.41) is 5.47. The van der Waals surface area contributed by atoms with Gasteiger partial charge in [0.15, 0.2) is 0 Å². The summed E-state index contributed by atoms with van der Waals surface area (Å²) in [5.74, 6) is -2.70. The zero-order chi connectivity index (χ0) is 19.3. The normalized spacial score (nSPS) is 29.5. The topological polar surface area (TPSA) is 134 Å². The summed E-state index contributed by atoms with van der Waals surface area (Å²) in [6, 6.07) is 2.58. The predicted octanol–water partition coefficient (Wildman–Crippen LogP) is -1.05. The molecule has 0 aromatic carbocycles. The molecule has 8 heteroatoms. The van der Waals surface area contributed by atoms with Crippen LogP contribution in [0, 0.1) is 22.7 Å². The van der Waals surface area contributed by atoms with Crippen molar-refractivity contribution in [2.75, 3.05) is 13.6 Å². The van der Waals surface area contributed by atoms with Crippen molar-refractivity contribution in [3.05, 3.63) is 34.2 Å². The number of fused-ring (bicyclic) bond motifs is 1. The zero-order valence-corrected chi connectivity index (χ0v) is 15.1. The molecule has 0 radical (unpaired) electrons. The van der Waals surface area contributed by atoms with Gasteiger partial charge in [0.1, 0.15) is 0 Å². The van der Waals surface area contributed by atoms with Gasteiger partial charge in [-0.15, -0.1) is 0 Å². The molecule has 1 saturated carbocycles. The van der Waals surface area contributed by atoms with Crippen molar-refractivity contribution in [1.29, 1.82) is 0 Å². The summed E-state index contributed by atoms with van der Waals surface area (Å²) >= 11 is 0. The van der Waals surface area contributed by atoms with Gasteiger partial charge in [0.05, 0.1) is 6.04 Å². The minimum absolute atomic E-state index is 0.0221. The lowest BCUT2D eigenvalue weighted by atomic mass is 9.72. The maximum Gasteiger partial charge on any atom is 0.287 e. The highest BCUT2D eigenvalue weighted by Gasteiger charge is 2.81. The number of pyridine rings is 1. The van der Waals surface area contributed by atoms with E-state index in [9.17, 15) is 19.2 Å². The van der Waals surface area contributed by atoms with Crippen molar-refractivity contribution in [3.63, 3.8) is 0 Å². The van der Waals surface area contributed by atoms with E-state index in [4.69, 9.17) is 5.73 Å². The summed E-state index contributed by atoms with van der Waals surface area (Å²) < 4.78 is 0. The van der Waals surface area contributed by atoms with Gasteiger partial charge in [-0.05, 0) is 30.4 Å². The van der Waals surface area contributed by atoms with Gasteiger partial charge in [0.2, 0.25) is 11.7 Å². The molecule has 1 saturated heterocycles. The summed E-state index contributed by atoms with van der Waals surface area (Å²) in [7, 11) is 1.39. The monoisotopic (exact) mass is 360 g/mol. The second-order valence-corrected chi connectivity index (χ2v) is 7.68. The number of carbonyl (C=O) groups is 3. The fraction of sp³-hybridized carbons (Fsp3) is 0.556. The van der Waals surface area contributed by atoms with Crippen LogP contribution in [0.2, 0.25) is 0 Å². The summed E-state index contributed by atoms with van der Waals surface area (Å²) in [4.78, 5) is 51.9. The van der Waals surface area contributed by atoms with Gasteiger partial charge < -0.3 is 21.4 Å². The number of nitrogens with one attached hydrogen (secondary N) is 3. The molecule has 4 atom stereocenters. The number of ketones is 1. The predicted molar refractivity (Wildman–Crippen MR) is 94.0 cm³/mol. The third-order valence-electron chi connectivity index (χ3n) is 6.44. The highest BCUT2D eigenvalue weighted by Crippen LogP contribution is 2.76. The van der Waals surface area contributed by atoms with E-state index < -0.39 is 35.0 Å². The van der Waals surface area contributed by atoms with Gasteiger partial charge in [0.25, 0.3) is 11.5 Å². The number of piperidine rings is 1. The van der Waals surface area contributed by atoms with Gasteiger partial charge in [0, 0.05) is 30.1 Å². The van der Waals surface area contributed by atoms with Gasteiger partial charge in [-0.3, -0.25) is 19.2 Å². The Morgan fingerprint density at radius 3 is 2.62 bits per heavy atom. The van der Waals surface area contributed by atoms with Crippen LogP contribution in [0.5, 0.6) is 0 Å². The minimum Gasteiger partial charge on any atom is -0.368 e. The average Bonchev–Trinajstić information content (AvgIpc) is 2.93. The number of primary amides is 1. The number of carbonyl (C=O) groups excluding carboxylic acids is 3. The Bertz CT molecular complexity index is 830. The van der Waals surface area contributed by atoms with E-state index in [1.807, 2.05) is 13.8 Å². The van der Waals surface area contributed by atoms with Crippen LogP contribution in [-0.4, -0.2) is 42.2 Å². The van der Waals surface area contributed by atoms with Crippen molar-refractivity contribution < 1.29 is 14.4 Å². The maximum absolute atomic E-state index is 13.0. The molecule has 1 aliphatic heterocycles. The van der Waals surface area contributed by atoms with Crippen molar-refractivity contribution in [1.82, 2.24) is 15.6 Å². The van der Waals surface area contributed by atoms with Gasteiger partial charge >= 0.3 is 0 Å².